The van der Waals surface area contributed by atoms with Crippen LogP contribution in [0.3, 0.4) is 0 Å². The SMILES string of the molecule is CCCCCCCC(Br)Cc1ccc(C(F)(F)F)cc1. The maximum atomic E-state index is 12.4. The molecule has 1 rings (SSSR count). The Morgan fingerprint density at radius 2 is 1.60 bits per heavy atom. The lowest BCUT2D eigenvalue weighted by Gasteiger charge is -2.11. The lowest BCUT2D eigenvalue weighted by atomic mass is 10.0. The molecular formula is C16H22BrF3. The minimum absolute atomic E-state index is 0.348. The second kappa shape index (κ2) is 8.71. The van der Waals surface area contributed by atoms with E-state index in [-0.39, 0.29) is 0 Å². The Hall–Kier alpha value is -0.510. The van der Waals surface area contributed by atoms with Crippen LogP contribution in [-0.2, 0) is 12.6 Å². The predicted molar refractivity (Wildman–Crippen MR) is 81.2 cm³/mol. The molecule has 0 spiro atoms. The summed E-state index contributed by atoms with van der Waals surface area (Å²) in [5, 5.41) is 0. The van der Waals surface area contributed by atoms with E-state index in [0.29, 0.717) is 4.83 Å². The minimum atomic E-state index is -4.24. The van der Waals surface area contributed by atoms with Crippen molar-refractivity contribution in [1.82, 2.24) is 0 Å². The van der Waals surface area contributed by atoms with Gasteiger partial charge < -0.3 is 0 Å². The summed E-state index contributed by atoms with van der Waals surface area (Å²) in [7, 11) is 0. The highest BCUT2D eigenvalue weighted by atomic mass is 79.9. The molecule has 4 heteroatoms. The normalized spacial score (nSPS) is 13.4. The van der Waals surface area contributed by atoms with Crippen molar-refractivity contribution in [2.24, 2.45) is 0 Å². The molecule has 1 aromatic carbocycles. The molecule has 0 heterocycles. The topological polar surface area (TPSA) is 0 Å². The average Bonchev–Trinajstić information content (AvgIpc) is 2.38. The monoisotopic (exact) mass is 350 g/mol. The summed E-state index contributed by atoms with van der Waals surface area (Å²) in [5.41, 5.74) is 0.375. The Kier molecular flexibility index (Phi) is 7.63. The molecule has 1 atom stereocenters. The van der Waals surface area contributed by atoms with E-state index < -0.39 is 11.7 Å². The first kappa shape index (κ1) is 17.5. The van der Waals surface area contributed by atoms with Gasteiger partial charge in [-0.2, -0.15) is 13.2 Å². The predicted octanol–water partition coefficient (Wildman–Crippen LogP) is 6.37. The van der Waals surface area contributed by atoms with E-state index in [9.17, 15) is 13.2 Å². The first-order chi connectivity index (χ1) is 9.43. The van der Waals surface area contributed by atoms with E-state index in [1.165, 1.54) is 32.1 Å². The van der Waals surface area contributed by atoms with Crippen molar-refractivity contribution in [1.29, 1.82) is 0 Å². The number of alkyl halides is 4. The van der Waals surface area contributed by atoms with Crippen molar-refractivity contribution in [2.45, 2.75) is 62.9 Å². The summed E-state index contributed by atoms with van der Waals surface area (Å²) in [6, 6.07) is 5.48. The van der Waals surface area contributed by atoms with Gasteiger partial charge in [0, 0.05) is 4.83 Å². The van der Waals surface area contributed by atoms with Gasteiger partial charge in [-0.25, -0.2) is 0 Å². The van der Waals surface area contributed by atoms with Crippen LogP contribution in [0.2, 0.25) is 0 Å². The average molecular weight is 351 g/mol. The van der Waals surface area contributed by atoms with Gasteiger partial charge in [-0.3, -0.25) is 0 Å². The smallest absolute Gasteiger partial charge is 0.166 e. The molecule has 0 saturated heterocycles. The van der Waals surface area contributed by atoms with E-state index in [0.717, 1.165) is 30.5 Å². The van der Waals surface area contributed by atoms with Crippen LogP contribution < -0.4 is 0 Å². The molecule has 1 aromatic rings. The fraction of sp³-hybridized carbons (Fsp3) is 0.625. The van der Waals surface area contributed by atoms with E-state index in [2.05, 4.69) is 22.9 Å². The molecule has 20 heavy (non-hydrogen) atoms. The van der Waals surface area contributed by atoms with Crippen LogP contribution in [0, 0.1) is 0 Å². The Bertz CT molecular complexity index is 370. The minimum Gasteiger partial charge on any atom is -0.166 e. The third kappa shape index (κ3) is 6.78. The summed E-state index contributed by atoms with van der Waals surface area (Å²) < 4.78 is 37.3. The van der Waals surface area contributed by atoms with Crippen molar-refractivity contribution in [3.8, 4) is 0 Å². The number of rotatable bonds is 8. The van der Waals surface area contributed by atoms with Crippen LogP contribution in [0.4, 0.5) is 13.2 Å². The lowest BCUT2D eigenvalue weighted by Crippen LogP contribution is -2.06. The van der Waals surface area contributed by atoms with Crippen molar-refractivity contribution in [3.63, 3.8) is 0 Å². The van der Waals surface area contributed by atoms with E-state index in [1.807, 2.05) is 0 Å². The molecule has 0 N–H and O–H groups in total. The summed E-state index contributed by atoms with van der Waals surface area (Å²) in [5.74, 6) is 0. The Labute approximate surface area is 127 Å². The highest BCUT2D eigenvalue weighted by Crippen LogP contribution is 2.29. The zero-order valence-corrected chi connectivity index (χ0v) is 13.4. The van der Waals surface area contributed by atoms with Crippen LogP contribution in [0.1, 0.15) is 56.6 Å². The number of benzene rings is 1. The molecule has 0 fully saturated rings. The van der Waals surface area contributed by atoms with E-state index in [4.69, 9.17) is 0 Å². The maximum absolute atomic E-state index is 12.4. The third-order valence-electron chi connectivity index (χ3n) is 3.36. The van der Waals surface area contributed by atoms with Gasteiger partial charge in [0.25, 0.3) is 0 Å². The van der Waals surface area contributed by atoms with Crippen LogP contribution in [0.15, 0.2) is 24.3 Å². The van der Waals surface area contributed by atoms with Crippen molar-refractivity contribution >= 4 is 15.9 Å². The van der Waals surface area contributed by atoms with Gasteiger partial charge in [-0.05, 0) is 30.5 Å². The molecule has 0 nitrogen and oxygen atoms in total. The van der Waals surface area contributed by atoms with Gasteiger partial charge in [0.15, 0.2) is 0 Å². The zero-order chi connectivity index (χ0) is 15.0. The Morgan fingerprint density at radius 1 is 1.00 bits per heavy atom. The molecule has 0 aliphatic rings. The molecular weight excluding hydrogens is 329 g/mol. The Balaban J connectivity index is 2.33. The zero-order valence-electron chi connectivity index (χ0n) is 11.8. The number of hydrogen-bond acceptors (Lipinski definition) is 0. The second-order valence-corrected chi connectivity index (χ2v) is 6.49. The molecule has 0 aliphatic heterocycles. The standard InChI is InChI=1S/C16H22BrF3/c1-2-3-4-5-6-7-15(17)12-13-8-10-14(11-9-13)16(18,19)20/h8-11,15H,2-7,12H2,1H3. The molecule has 0 aromatic heterocycles. The third-order valence-corrected chi connectivity index (χ3v) is 4.14. The molecule has 0 bridgehead atoms. The molecule has 1 unspecified atom stereocenters. The van der Waals surface area contributed by atoms with Gasteiger partial charge in [-0.1, -0.05) is 67.1 Å². The van der Waals surface area contributed by atoms with Gasteiger partial charge in [-0.15, -0.1) is 0 Å². The van der Waals surface area contributed by atoms with Crippen molar-refractivity contribution in [3.05, 3.63) is 35.4 Å². The van der Waals surface area contributed by atoms with Crippen LogP contribution >= 0.6 is 15.9 Å². The van der Waals surface area contributed by atoms with Crippen LogP contribution in [0.5, 0.6) is 0 Å². The fourth-order valence-corrected chi connectivity index (χ4v) is 2.85. The number of hydrogen-bond donors (Lipinski definition) is 0. The first-order valence-corrected chi connectivity index (χ1v) is 8.15. The lowest BCUT2D eigenvalue weighted by molar-refractivity contribution is -0.137. The molecule has 0 aliphatic carbocycles. The van der Waals surface area contributed by atoms with E-state index >= 15 is 0 Å². The molecule has 0 radical (unpaired) electrons. The van der Waals surface area contributed by atoms with Gasteiger partial charge >= 0.3 is 6.18 Å². The summed E-state index contributed by atoms with van der Waals surface area (Å²) in [6.45, 7) is 2.19. The van der Waals surface area contributed by atoms with Crippen LogP contribution in [0.25, 0.3) is 0 Å². The molecule has 0 amide bonds. The largest absolute Gasteiger partial charge is 0.416 e. The quantitative estimate of drug-likeness (QED) is 0.377. The van der Waals surface area contributed by atoms with E-state index in [1.54, 1.807) is 12.1 Å². The van der Waals surface area contributed by atoms with Crippen LogP contribution in [-0.4, -0.2) is 4.83 Å². The maximum Gasteiger partial charge on any atom is 0.416 e. The number of unbranched alkanes of at least 4 members (excludes halogenated alkanes) is 4. The van der Waals surface area contributed by atoms with Gasteiger partial charge in [0.05, 0.1) is 5.56 Å². The summed E-state index contributed by atoms with van der Waals surface area (Å²) in [6.07, 6.45) is 3.83. The fourth-order valence-electron chi connectivity index (χ4n) is 2.16. The second-order valence-electron chi connectivity index (χ2n) is 5.20. The van der Waals surface area contributed by atoms with Gasteiger partial charge in [0.2, 0.25) is 0 Å². The molecule has 114 valence electrons. The number of halogens is 4. The highest BCUT2D eigenvalue weighted by molar-refractivity contribution is 9.09. The molecule has 0 saturated carbocycles. The van der Waals surface area contributed by atoms with Gasteiger partial charge in [0.1, 0.15) is 0 Å². The summed E-state index contributed by atoms with van der Waals surface area (Å²) in [4.78, 5) is 0.348. The van der Waals surface area contributed by atoms with Crippen molar-refractivity contribution < 1.29 is 13.2 Å². The Morgan fingerprint density at radius 3 is 2.15 bits per heavy atom. The van der Waals surface area contributed by atoms with Crippen molar-refractivity contribution in [2.75, 3.05) is 0 Å². The highest BCUT2D eigenvalue weighted by Gasteiger charge is 2.29. The summed E-state index contributed by atoms with van der Waals surface area (Å²) >= 11 is 3.62. The first-order valence-electron chi connectivity index (χ1n) is 7.23.